The smallest absolute Gasteiger partial charge is 0.336 e. The van der Waals surface area contributed by atoms with Gasteiger partial charge in [-0.3, -0.25) is 4.79 Å². The highest BCUT2D eigenvalue weighted by molar-refractivity contribution is 5.90. The van der Waals surface area contributed by atoms with Crippen LogP contribution in [-0.2, 0) is 38.3 Å². The van der Waals surface area contributed by atoms with E-state index in [1.54, 1.807) is 12.1 Å². The largest absolute Gasteiger partial charge is 0.482 e. The minimum atomic E-state index is -1.22. The van der Waals surface area contributed by atoms with Crippen LogP contribution in [0, 0.1) is 17.8 Å². The van der Waals surface area contributed by atoms with Crippen molar-refractivity contribution in [2.45, 2.75) is 95.4 Å². The van der Waals surface area contributed by atoms with Crippen LogP contribution in [-0.4, -0.2) is 23.6 Å². The van der Waals surface area contributed by atoms with E-state index in [4.69, 9.17) is 18.6 Å². The van der Waals surface area contributed by atoms with Crippen LogP contribution in [0.25, 0.3) is 11.0 Å². The summed E-state index contributed by atoms with van der Waals surface area (Å²) in [5, 5.41) is 0.628. The number of aryl methyl sites for hydroxylation is 1. The standard InChI is InChI=1S/C51H46O7/c1-31(2)40-20-15-33-16-21-41-38(27-33)13-7-8-25-51(3)49(57-50(40)54)48(46-43(58-51)23-18-35-19-24-44(52)55-47(35)46)56-45(53)30-39-29-37(17-22-42(39)41)36-14-9-12-34(28-36)26-32-10-5-4-6-11-32/h4-6,9-12,14,16-19,21-24,27-28,37,39,42,48-49H,13,15,20,25-26,29-30H2,1-3H3/t37-,39+,42-,48-,49+,51-/m1/s1. The number of hydrogen-bond donors (Lipinski definition) is 0. The SMILES string of the molecule is CC(C)=C1CCc2ccc3c(c2)CC#CC[C@@]2(C)Oc4ccc5ccc(=O)oc5c4[C@@H](OC(=O)C[C@@H]4C[C@H](c5cccc(Cc6ccccc6)c5)C=C[C@@H]34)[C@@H]2OC1=O. The van der Waals surface area contributed by atoms with Gasteiger partial charge >= 0.3 is 17.6 Å². The topological polar surface area (TPSA) is 92.0 Å². The highest BCUT2D eigenvalue weighted by Gasteiger charge is 2.53. The molecule has 292 valence electrons. The Hall–Kier alpha value is -6.13. The molecule has 5 aromatic rings. The van der Waals surface area contributed by atoms with E-state index in [0.717, 1.165) is 35.1 Å². The van der Waals surface area contributed by atoms with E-state index < -0.39 is 35.4 Å². The average Bonchev–Trinajstić information content (AvgIpc) is 3.20. The lowest BCUT2D eigenvalue weighted by atomic mass is 9.71. The summed E-state index contributed by atoms with van der Waals surface area (Å²) in [6.07, 6.45) is 5.80. The summed E-state index contributed by atoms with van der Waals surface area (Å²) in [5.74, 6) is 6.16. The van der Waals surface area contributed by atoms with Crippen LogP contribution < -0.4 is 10.4 Å². The zero-order chi connectivity index (χ0) is 40.0. The third-order valence-electron chi connectivity index (χ3n) is 12.4. The number of carbonyl (C=O) groups is 2. The molecule has 9 rings (SSSR count). The van der Waals surface area contributed by atoms with E-state index in [1.807, 2.05) is 32.9 Å². The maximum Gasteiger partial charge on any atom is 0.336 e. The van der Waals surface area contributed by atoms with Crippen molar-refractivity contribution < 1.29 is 28.2 Å². The highest BCUT2D eigenvalue weighted by atomic mass is 16.6. The van der Waals surface area contributed by atoms with Crippen molar-refractivity contribution in [1.82, 2.24) is 0 Å². The summed E-state index contributed by atoms with van der Waals surface area (Å²) in [5.41, 5.74) is 7.28. The number of allylic oxidation sites excluding steroid dienone is 3. The summed E-state index contributed by atoms with van der Waals surface area (Å²) in [4.78, 5) is 41.8. The summed E-state index contributed by atoms with van der Waals surface area (Å²) >= 11 is 0. The van der Waals surface area contributed by atoms with Crippen molar-refractivity contribution in [1.29, 1.82) is 0 Å². The number of rotatable bonds is 3. The molecule has 0 radical (unpaired) electrons. The fourth-order valence-electron chi connectivity index (χ4n) is 9.37. The number of hydrogen-bond acceptors (Lipinski definition) is 7. The van der Waals surface area contributed by atoms with Gasteiger partial charge in [-0.05, 0) is 104 Å². The lowest BCUT2D eigenvalue weighted by Crippen LogP contribution is -2.54. The molecule has 0 amide bonds. The molecule has 7 heteroatoms. The summed E-state index contributed by atoms with van der Waals surface area (Å²) in [6.45, 7) is 5.66. The molecule has 4 aliphatic rings. The molecule has 7 nitrogen and oxygen atoms in total. The van der Waals surface area contributed by atoms with E-state index in [2.05, 4.69) is 90.7 Å². The quantitative estimate of drug-likeness (QED) is 0.0593. The fourth-order valence-corrected chi connectivity index (χ4v) is 9.37. The monoisotopic (exact) mass is 770 g/mol. The van der Waals surface area contributed by atoms with Gasteiger partial charge in [0.2, 0.25) is 0 Å². The molecule has 0 spiro atoms. The Morgan fingerprint density at radius 1 is 0.828 bits per heavy atom. The molecule has 0 N–H and O–H groups in total. The first-order chi connectivity index (χ1) is 28.1. The fraction of sp³-hybridized carbons (Fsp3) is 0.314. The summed E-state index contributed by atoms with van der Waals surface area (Å²) in [7, 11) is 0. The van der Waals surface area contributed by atoms with Crippen LogP contribution in [0.3, 0.4) is 0 Å². The molecule has 0 saturated heterocycles. The first kappa shape index (κ1) is 37.4. The molecule has 5 bridgehead atoms. The molecule has 1 aliphatic carbocycles. The molecule has 6 atom stereocenters. The van der Waals surface area contributed by atoms with Gasteiger partial charge in [0.25, 0.3) is 0 Å². The van der Waals surface area contributed by atoms with Crippen LogP contribution in [0.5, 0.6) is 5.75 Å². The molecule has 4 aromatic carbocycles. The predicted octanol–water partition coefficient (Wildman–Crippen LogP) is 9.80. The zero-order valence-corrected chi connectivity index (χ0v) is 33.1. The van der Waals surface area contributed by atoms with Crippen molar-refractivity contribution >= 4 is 22.9 Å². The minimum absolute atomic E-state index is 0.0638. The van der Waals surface area contributed by atoms with Gasteiger partial charge in [-0.25, -0.2) is 9.59 Å². The van der Waals surface area contributed by atoms with Crippen molar-refractivity contribution in [3.05, 3.63) is 170 Å². The third-order valence-corrected chi connectivity index (χ3v) is 12.4. The Morgan fingerprint density at radius 3 is 2.50 bits per heavy atom. The second-order valence-corrected chi connectivity index (χ2v) is 16.6. The van der Waals surface area contributed by atoms with Crippen molar-refractivity contribution in [3.63, 3.8) is 0 Å². The number of carbonyl (C=O) groups excluding carboxylic acids is 2. The van der Waals surface area contributed by atoms with E-state index in [-0.39, 0.29) is 36.2 Å². The van der Waals surface area contributed by atoms with Crippen molar-refractivity contribution in [2.75, 3.05) is 0 Å². The Balaban J connectivity index is 1.19. The molecule has 4 heterocycles. The minimum Gasteiger partial charge on any atom is -0.482 e. The van der Waals surface area contributed by atoms with Crippen LogP contribution in [0.4, 0.5) is 0 Å². The maximum absolute atomic E-state index is 14.7. The van der Waals surface area contributed by atoms with E-state index in [1.165, 1.54) is 22.8 Å². The van der Waals surface area contributed by atoms with Gasteiger partial charge in [-0.2, -0.15) is 0 Å². The van der Waals surface area contributed by atoms with Crippen LogP contribution in [0.2, 0.25) is 0 Å². The van der Waals surface area contributed by atoms with Gasteiger partial charge in [0.05, 0.1) is 12.0 Å². The van der Waals surface area contributed by atoms with Gasteiger partial charge in [0, 0.05) is 41.7 Å². The van der Waals surface area contributed by atoms with Crippen LogP contribution in [0.1, 0.15) is 103 Å². The normalized spacial score (nSPS) is 25.2. The van der Waals surface area contributed by atoms with Crippen molar-refractivity contribution in [2.24, 2.45) is 5.92 Å². The molecule has 0 saturated carbocycles. The molecule has 0 fully saturated rings. The Bertz CT molecular complexity index is 2620. The number of benzene rings is 4. The molecular weight excluding hydrogens is 725 g/mol. The Labute approximate surface area is 338 Å². The highest BCUT2D eigenvalue weighted by Crippen LogP contribution is 2.49. The first-order valence-corrected chi connectivity index (χ1v) is 20.3. The lowest BCUT2D eigenvalue weighted by molar-refractivity contribution is -0.190. The van der Waals surface area contributed by atoms with E-state index in [9.17, 15) is 14.4 Å². The number of fused-ring (bicyclic) bond motifs is 9. The summed E-state index contributed by atoms with van der Waals surface area (Å²) in [6, 6.07) is 32.4. The lowest BCUT2D eigenvalue weighted by Gasteiger charge is -2.44. The van der Waals surface area contributed by atoms with Crippen LogP contribution >= 0.6 is 0 Å². The second kappa shape index (κ2) is 15.3. The molecule has 58 heavy (non-hydrogen) atoms. The Kier molecular flexibility index (Phi) is 9.89. The van der Waals surface area contributed by atoms with Gasteiger partial charge in [-0.15, -0.1) is 0 Å². The molecule has 0 unspecified atom stereocenters. The van der Waals surface area contributed by atoms with E-state index in [0.29, 0.717) is 41.5 Å². The molecule has 3 aliphatic heterocycles. The average molecular weight is 771 g/mol. The van der Waals surface area contributed by atoms with Gasteiger partial charge in [-0.1, -0.05) is 102 Å². The number of ether oxygens (including phenoxy) is 3. The van der Waals surface area contributed by atoms with Crippen LogP contribution in [0.15, 0.2) is 130 Å². The summed E-state index contributed by atoms with van der Waals surface area (Å²) < 4.78 is 25.7. The zero-order valence-electron chi connectivity index (χ0n) is 33.1. The predicted molar refractivity (Wildman–Crippen MR) is 222 cm³/mol. The van der Waals surface area contributed by atoms with Crippen molar-refractivity contribution in [3.8, 4) is 17.6 Å². The third kappa shape index (κ3) is 7.28. The van der Waals surface area contributed by atoms with E-state index >= 15 is 0 Å². The second-order valence-electron chi connectivity index (χ2n) is 16.6. The molecule has 1 aromatic heterocycles. The van der Waals surface area contributed by atoms with Gasteiger partial charge in [0.15, 0.2) is 17.8 Å². The Morgan fingerprint density at radius 2 is 1.66 bits per heavy atom. The maximum atomic E-state index is 14.7. The van der Waals surface area contributed by atoms with Gasteiger partial charge in [0.1, 0.15) is 11.3 Å². The van der Waals surface area contributed by atoms with Gasteiger partial charge < -0.3 is 18.6 Å². The first-order valence-electron chi connectivity index (χ1n) is 20.3. The molecular formula is C51H46O7. The number of esters is 2.